The number of ether oxygens (including phenoxy) is 1. The molecular formula is C19H17F3N4O4S. The number of nitriles is 1. The van der Waals surface area contributed by atoms with Gasteiger partial charge in [-0.1, -0.05) is 5.16 Å². The molecule has 0 N–H and O–H groups in total. The van der Waals surface area contributed by atoms with Gasteiger partial charge < -0.3 is 9.57 Å². The molecule has 1 aliphatic heterocycles. The molecule has 0 amide bonds. The second kappa shape index (κ2) is 9.32. The molecular weight excluding hydrogens is 437 g/mol. The molecule has 1 saturated heterocycles. The average molecular weight is 454 g/mol. The van der Waals surface area contributed by atoms with Crippen LogP contribution in [0.3, 0.4) is 0 Å². The Morgan fingerprint density at radius 1 is 1.16 bits per heavy atom. The number of benzene rings is 1. The van der Waals surface area contributed by atoms with Crippen LogP contribution in [-0.4, -0.2) is 42.9 Å². The maximum atomic E-state index is 12.7. The van der Waals surface area contributed by atoms with Crippen LogP contribution in [0.5, 0.6) is 5.75 Å². The molecule has 0 atom stereocenters. The Morgan fingerprint density at radius 2 is 1.84 bits per heavy atom. The van der Waals surface area contributed by atoms with Crippen molar-refractivity contribution in [2.24, 2.45) is 5.16 Å². The van der Waals surface area contributed by atoms with Crippen LogP contribution in [0.15, 0.2) is 52.8 Å². The van der Waals surface area contributed by atoms with Gasteiger partial charge in [-0.05, 0) is 30.3 Å². The summed E-state index contributed by atoms with van der Waals surface area (Å²) in [5.74, 6) is -0.493. The first-order chi connectivity index (χ1) is 14.7. The highest BCUT2D eigenvalue weighted by Gasteiger charge is 2.32. The maximum absolute atomic E-state index is 12.7. The summed E-state index contributed by atoms with van der Waals surface area (Å²) in [4.78, 5) is 9.08. The number of rotatable bonds is 6. The molecule has 0 aliphatic carbocycles. The number of hydrogen-bond acceptors (Lipinski definition) is 7. The van der Waals surface area contributed by atoms with E-state index in [2.05, 4.69) is 14.9 Å². The van der Waals surface area contributed by atoms with Crippen molar-refractivity contribution in [1.29, 1.82) is 5.26 Å². The molecule has 1 aromatic carbocycles. The van der Waals surface area contributed by atoms with Gasteiger partial charge in [-0.15, -0.1) is 13.2 Å². The van der Waals surface area contributed by atoms with E-state index in [-0.39, 0.29) is 24.6 Å². The standard InChI is InChI=1S/C19H17F3N4O4S/c20-19(21,22)30-17-1-3-18(4-2-17)31(27,28)26-7-5-16(6-8-26)25-29-13-15-9-14(10-23)11-24-12-15/h1-4,9,11-12H,5-8,13H2. The van der Waals surface area contributed by atoms with Crippen molar-refractivity contribution in [3.05, 3.63) is 53.9 Å². The number of sulfonamides is 1. The summed E-state index contributed by atoms with van der Waals surface area (Å²) in [6.07, 6.45) is -1.15. The minimum Gasteiger partial charge on any atom is -0.406 e. The highest BCUT2D eigenvalue weighted by atomic mass is 32.2. The summed E-state index contributed by atoms with van der Waals surface area (Å²) in [6.45, 7) is 0.452. The lowest BCUT2D eigenvalue weighted by atomic mass is 10.1. The Balaban J connectivity index is 1.55. The van der Waals surface area contributed by atoms with E-state index >= 15 is 0 Å². The first-order valence-electron chi connectivity index (χ1n) is 9.05. The number of oxime groups is 1. The smallest absolute Gasteiger partial charge is 0.406 e. The van der Waals surface area contributed by atoms with E-state index in [0.717, 1.165) is 24.3 Å². The van der Waals surface area contributed by atoms with Gasteiger partial charge in [-0.3, -0.25) is 4.98 Å². The molecule has 0 saturated carbocycles. The second-order valence-corrected chi connectivity index (χ2v) is 8.49. The summed E-state index contributed by atoms with van der Waals surface area (Å²) in [5, 5.41) is 12.9. The maximum Gasteiger partial charge on any atom is 0.573 e. The Morgan fingerprint density at radius 3 is 2.45 bits per heavy atom. The van der Waals surface area contributed by atoms with Gasteiger partial charge in [0.2, 0.25) is 10.0 Å². The van der Waals surface area contributed by atoms with Crippen LogP contribution in [0, 0.1) is 11.3 Å². The van der Waals surface area contributed by atoms with Crippen LogP contribution in [0.1, 0.15) is 24.0 Å². The van der Waals surface area contributed by atoms with Crippen molar-refractivity contribution in [2.45, 2.75) is 30.7 Å². The molecule has 2 aromatic rings. The van der Waals surface area contributed by atoms with E-state index in [0.29, 0.717) is 29.7 Å². The van der Waals surface area contributed by atoms with Crippen LogP contribution in [-0.2, 0) is 21.5 Å². The minimum atomic E-state index is -4.85. The predicted molar refractivity (Wildman–Crippen MR) is 102 cm³/mol. The van der Waals surface area contributed by atoms with Gasteiger partial charge >= 0.3 is 6.36 Å². The molecule has 0 radical (unpaired) electrons. The highest BCUT2D eigenvalue weighted by Crippen LogP contribution is 2.26. The zero-order valence-electron chi connectivity index (χ0n) is 16.0. The molecule has 31 heavy (non-hydrogen) atoms. The van der Waals surface area contributed by atoms with Crippen LogP contribution < -0.4 is 4.74 Å². The Hall–Kier alpha value is -3.17. The quantitative estimate of drug-likeness (QED) is 0.621. The van der Waals surface area contributed by atoms with Crippen molar-refractivity contribution in [3.8, 4) is 11.8 Å². The Bertz CT molecular complexity index is 1090. The predicted octanol–water partition coefficient (Wildman–Crippen LogP) is 3.21. The summed E-state index contributed by atoms with van der Waals surface area (Å²) in [5.41, 5.74) is 1.77. The SMILES string of the molecule is N#Cc1cncc(CON=C2CCN(S(=O)(=O)c3ccc(OC(F)(F)F)cc3)CC2)c1. The summed E-state index contributed by atoms with van der Waals surface area (Å²) >= 11 is 0. The fourth-order valence-corrected chi connectivity index (χ4v) is 4.31. The van der Waals surface area contributed by atoms with E-state index in [1.165, 1.54) is 10.5 Å². The molecule has 1 fully saturated rings. The van der Waals surface area contributed by atoms with Gasteiger partial charge in [-0.2, -0.15) is 9.57 Å². The number of alkyl halides is 3. The lowest BCUT2D eigenvalue weighted by Crippen LogP contribution is -2.38. The number of pyridine rings is 1. The van der Waals surface area contributed by atoms with Gasteiger partial charge in [0, 0.05) is 43.9 Å². The summed E-state index contributed by atoms with van der Waals surface area (Å²) in [7, 11) is -3.86. The molecule has 0 bridgehead atoms. The highest BCUT2D eigenvalue weighted by molar-refractivity contribution is 7.89. The van der Waals surface area contributed by atoms with Crippen molar-refractivity contribution in [2.75, 3.05) is 13.1 Å². The monoisotopic (exact) mass is 454 g/mol. The van der Waals surface area contributed by atoms with E-state index < -0.39 is 22.1 Å². The molecule has 0 unspecified atom stereocenters. The first-order valence-corrected chi connectivity index (χ1v) is 10.5. The van der Waals surface area contributed by atoms with Crippen molar-refractivity contribution >= 4 is 15.7 Å². The molecule has 3 rings (SSSR count). The fraction of sp³-hybridized carbons (Fsp3) is 0.316. The van der Waals surface area contributed by atoms with Crippen LogP contribution in [0.2, 0.25) is 0 Å². The number of aromatic nitrogens is 1. The average Bonchev–Trinajstić information content (AvgIpc) is 2.73. The number of piperidine rings is 1. The molecule has 0 spiro atoms. The lowest BCUT2D eigenvalue weighted by molar-refractivity contribution is -0.274. The third-order valence-corrected chi connectivity index (χ3v) is 6.26. The van der Waals surface area contributed by atoms with E-state index in [1.807, 2.05) is 6.07 Å². The number of hydrogen-bond donors (Lipinski definition) is 0. The third kappa shape index (κ3) is 6.16. The Labute approximate surface area is 176 Å². The van der Waals surface area contributed by atoms with Gasteiger partial charge in [0.05, 0.1) is 16.2 Å². The van der Waals surface area contributed by atoms with Crippen LogP contribution in [0.25, 0.3) is 0 Å². The fourth-order valence-electron chi connectivity index (χ4n) is 2.86. The van der Waals surface area contributed by atoms with Crippen molar-refractivity contribution in [3.63, 3.8) is 0 Å². The van der Waals surface area contributed by atoms with Crippen molar-refractivity contribution < 1.29 is 31.2 Å². The summed E-state index contributed by atoms with van der Waals surface area (Å²) < 4.78 is 67.1. The van der Waals surface area contributed by atoms with Crippen LogP contribution >= 0.6 is 0 Å². The van der Waals surface area contributed by atoms with E-state index in [4.69, 9.17) is 10.1 Å². The first kappa shape index (κ1) is 22.5. The molecule has 164 valence electrons. The lowest BCUT2D eigenvalue weighted by Gasteiger charge is -2.26. The molecule has 1 aliphatic rings. The second-order valence-electron chi connectivity index (χ2n) is 6.55. The third-order valence-electron chi connectivity index (χ3n) is 4.34. The molecule has 8 nitrogen and oxygen atoms in total. The van der Waals surface area contributed by atoms with Gasteiger partial charge in [0.25, 0.3) is 0 Å². The van der Waals surface area contributed by atoms with Crippen LogP contribution in [0.4, 0.5) is 13.2 Å². The van der Waals surface area contributed by atoms with Gasteiger partial charge in [0.1, 0.15) is 18.4 Å². The molecule has 1 aromatic heterocycles. The zero-order valence-corrected chi connectivity index (χ0v) is 16.9. The van der Waals surface area contributed by atoms with Crippen molar-refractivity contribution in [1.82, 2.24) is 9.29 Å². The zero-order chi connectivity index (χ0) is 22.5. The number of halogens is 3. The molecule has 12 heteroatoms. The van der Waals surface area contributed by atoms with Gasteiger partial charge in [0.15, 0.2) is 0 Å². The Kier molecular flexibility index (Phi) is 6.77. The molecule has 2 heterocycles. The van der Waals surface area contributed by atoms with E-state index in [1.54, 1.807) is 12.3 Å². The minimum absolute atomic E-state index is 0.122. The summed E-state index contributed by atoms with van der Waals surface area (Å²) in [6, 6.07) is 7.68. The largest absolute Gasteiger partial charge is 0.573 e. The van der Waals surface area contributed by atoms with Gasteiger partial charge in [-0.25, -0.2) is 8.42 Å². The topological polar surface area (TPSA) is 105 Å². The number of nitrogens with zero attached hydrogens (tertiary/aromatic N) is 4. The normalized spacial score (nSPS) is 15.2. The van der Waals surface area contributed by atoms with E-state index in [9.17, 15) is 21.6 Å².